The van der Waals surface area contributed by atoms with Crippen molar-refractivity contribution in [3.05, 3.63) is 35.4 Å². The molecule has 2 atom stereocenters. The molecule has 16 heavy (non-hydrogen) atoms. The molecule has 1 aromatic rings. The van der Waals surface area contributed by atoms with Crippen molar-refractivity contribution >= 4 is 15.9 Å². The molecular formula is C14H19BrO. The van der Waals surface area contributed by atoms with Crippen LogP contribution in [0.5, 0.6) is 0 Å². The van der Waals surface area contributed by atoms with Crippen molar-refractivity contribution in [2.75, 3.05) is 6.61 Å². The topological polar surface area (TPSA) is 9.23 Å². The van der Waals surface area contributed by atoms with E-state index < -0.39 is 0 Å². The zero-order valence-electron chi connectivity index (χ0n) is 9.95. The van der Waals surface area contributed by atoms with Gasteiger partial charge in [0.1, 0.15) is 0 Å². The van der Waals surface area contributed by atoms with Gasteiger partial charge in [0.25, 0.3) is 0 Å². The van der Waals surface area contributed by atoms with E-state index in [-0.39, 0.29) is 0 Å². The summed E-state index contributed by atoms with van der Waals surface area (Å²) in [6.45, 7) is 5.36. The number of hydrogen-bond acceptors (Lipinski definition) is 1. The molecule has 1 heterocycles. The van der Waals surface area contributed by atoms with Crippen LogP contribution in [0.3, 0.4) is 0 Å². The van der Waals surface area contributed by atoms with E-state index in [1.807, 2.05) is 0 Å². The normalized spacial score (nSPS) is 22.6. The van der Waals surface area contributed by atoms with E-state index in [1.165, 1.54) is 24.0 Å². The maximum Gasteiger partial charge on any atom is 0.0741 e. The average Bonchev–Trinajstić information content (AvgIpc) is 2.81. The molecule has 0 radical (unpaired) electrons. The number of ether oxygens (including phenoxy) is 1. The van der Waals surface area contributed by atoms with Crippen LogP contribution in [0.25, 0.3) is 0 Å². The Balaban J connectivity index is 2.08. The summed E-state index contributed by atoms with van der Waals surface area (Å²) in [5.41, 5.74) is 2.73. The second-order valence-corrected chi connectivity index (χ2v) is 5.76. The fourth-order valence-electron chi connectivity index (χ4n) is 2.11. The molecule has 1 fully saturated rings. The first-order valence-corrected chi connectivity index (χ1v) is 6.95. The van der Waals surface area contributed by atoms with Gasteiger partial charge in [0.15, 0.2) is 0 Å². The van der Waals surface area contributed by atoms with Crippen molar-refractivity contribution < 1.29 is 4.74 Å². The Bertz CT molecular complexity index is 325. The molecule has 1 aromatic carbocycles. The van der Waals surface area contributed by atoms with E-state index in [1.54, 1.807) is 0 Å². The second kappa shape index (κ2) is 5.33. The van der Waals surface area contributed by atoms with E-state index in [0.717, 1.165) is 6.61 Å². The van der Waals surface area contributed by atoms with Crippen LogP contribution < -0.4 is 0 Å². The third-order valence-electron chi connectivity index (χ3n) is 3.21. The van der Waals surface area contributed by atoms with Gasteiger partial charge in [-0.2, -0.15) is 0 Å². The molecule has 0 saturated carbocycles. The highest BCUT2D eigenvalue weighted by Crippen LogP contribution is 2.34. The fourth-order valence-corrected chi connectivity index (χ4v) is 2.83. The molecule has 1 nitrogen and oxygen atoms in total. The Kier molecular flexibility index (Phi) is 4.04. The number of benzene rings is 1. The molecule has 0 aliphatic carbocycles. The van der Waals surface area contributed by atoms with Gasteiger partial charge in [0.2, 0.25) is 0 Å². The summed E-state index contributed by atoms with van der Waals surface area (Å²) in [5, 5.41) is 0. The smallest absolute Gasteiger partial charge is 0.0741 e. The third-order valence-corrected chi connectivity index (χ3v) is 4.33. The molecular weight excluding hydrogens is 264 g/mol. The monoisotopic (exact) mass is 282 g/mol. The van der Waals surface area contributed by atoms with E-state index in [2.05, 4.69) is 54.0 Å². The molecule has 1 aliphatic rings. The predicted octanol–water partition coefficient (Wildman–Crippen LogP) is 4.43. The van der Waals surface area contributed by atoms with Gasteiger partial charge in [0, 0.05) is 6.61 Å². The number of rotatable bonds is 3. The van der Waals surface area contributed by atoms with Crippen LogP contribution in [-0.4, -0.2) is 12.7 Å². The van der Waals surface area contributed by atoms with Crippen LogP contribution in [0.2, 0.25) is 0 Å². The molecule has 2 unspecified atom stereocenters. The van der Waals surface area contributed by atoms with E-state index in [4.69, 9.17) is 4.74 Å². The summed E-state index contributed by atoms with van der Waals surface area (Å²) < 4.78 is 5.70. The van der Waals surface area contributed by atoms with Gasteiger partial charge in [-0.1, -0.05) is 54.0 Å². The molecule has 0 spiro atoms. The van der Waals surface area contributed by atoms with Crippen LogP contribution in [0.4, 0.5) is 0 Å². The van der Waals surface area contributed by atoms with Crippen molar-refractivity contribution in [3.8, 4) is 0 Å². The van der Waals surface area contributed by atoms with E-state index in [9.17, 15) is 0 Å². The quantitative estimate of drug-likeness (QED) is 0.746. The lowest BCUT2D eigenvalue weighted by atomic mass is 9.99. The summed E-state index contributed by atoms with van der Waals surface area (Å²) in [4.78, 5) is 0.344. The van der Waals surface area contributed by atoms with Crippen LogP contribution in [0.15, 0.2) is 24.3 Å². The summed E-state index contributed by atoms with van der Waals surface area (Å²) in [6.07, 6.45) is 2.71. The van der Waals surface area contributed by atoms with Gasteiger partial charge in [0.05, 0.1) is 10.9 Å². The van der Waals surface area contributed by atoms with Crippen LogP contribution in [0, 0.1) is 0 Å². The van der Waals surface area contributed by atoms with E-state index >= 15 is 0 Å². The molecule has 0 amide bonds. The van der Waals surface area contributed by atoms with Gasteiger partial charge >= 0.3 is 0 Å². The maximum atomic E-state index is 5.70. The van der Waals surface area contributed by atoms with Crippen molar-refractivity contribution in [2.45, 2.75) is 43.5 Å². The summed E-state index contributed by atoms with van der Waals surface area (Å²) in [6, 6.07) is 8.89. The van der Waals surface area contributed by atoms with Gasteiger partial charge in [-0.05, 0) is 29.9 Å². The first-order valence-electron chi connectivity index (χ1n) is 6.04. The van der Waals surface area contributed by atoms with Crippen molar-refractivity contribution in [1.29, 1.82) is 0 Å². The van der Waals surface area contributed by atoms with Gasteiger partial charge in [-0.15, -0.1) is 0 Å². The molecule has 2 rings (SSSR count). The Morgan fingerprint density at radius 1 is 1.19 bits per heavy atom. The SMILES string of the molecule is CC(C)c1ccc(C(Br)C2CCCO2)cc1. The highest BCUT2D eigenvalue weighted by atomic mass is 79.9. The summed E-state index contributed by atoms with van der Waals surface area (Å²) >= 11 is 3.75. The van der Waals surface area contributed by atoms with Crippen LogP contribution in [0.1, 0.15) is 48.6 Å². The number of alkyl halides is 1. The van der Waals surface area contributed by atoms with Gasteiger partial charge in [-0.3, -0.25) is 0 Å². The summed E-state index contributed by atoms with van der Waals surface area (Å²) in [5.74, 6) is 0.602. The first kappa shape index (κ1) is 12.1. The lowest BCUT2D eigenvalue weighted by Gasteiger charge is -2.17. The fraction of sp³-hybridized carbons (Fsp3) is 0.571. The Labute approximate surface area is 106 Å². The highest BCUT2D eigenvalue weighted by molar-refractivity contribution is 9.09. The van der Waals surface area contributed by atoms with Gasteiger partial charge in [-0.25, -0.2) is 0 Å². The highest BCUT2D eigenvalue weighted by Gasteiger charge is 2.24. The minimum absolute atomic E-state index is 0.344. The van der Waals surface area contributed by atoms with Crippen LogP contribution >= 0.6 is 15.9 Å². The largest absolute Gasteiger partial charge is 0.377 e. The van der Waals surface area contributed by atoms with E-state index in [0.29, 0.717) is 16.8 Å². The zero-order chi connectivity index (χ0) is 11.5. The standard InChI is InChI=1S/C14H19BrO/c1-10(2)11-5-7-12(8-6-11)14(15)13-4-3-9-16-13/h5-8,10,13-14H,3-4,9H2,1-2H3. The van der Waals surface area contributed by atoms with Crippen molar-refractivity contribution in [2.24, 2.45) is 0 Å². The molecule has 2 heteroatoms. The molecule has 1 saturated heterocycles. The molecule has 1 aliphatic heterocycles. The van der Waals surface area contributed by atoms with Crippen molar-refractivity contribution in [1.82, 2.24) is 0 Å². The molecule has 0 bridgehead atoms. The lowest BCUT2D eigenvalue weighted by Crippen LogP contribution is -2.12. The second-order valence-electron chi connectivity index (χ2n) is 4.77. The van der Waals surface area contributed by atoms with Gasteiger partial charge < -0.3 is 4.74 Å². The third kappa shape index (κ3) is 2.67. The number of hydrogen-bond donors (Lipinski definition) is 0. The molecule has 0 N–H and O–H groups in total. The zero-order valence-corrected chi connectivity index (χ0v) is 11.5. The Hall–Kier alpha value is -0.340. The Morgan fingerprint density at radius 2 is 1.81 bits per heavy atom. The maximum absolute atomic E-state index is 5.70. The minimum Gasteiger partial charge on any atom is -0.377 e. The summed E-state index contributed by atoms with van der Waals surface area (Å²) in [7, 11) is 0. The molecule has 0 aromatic heterocycles. The molecule has 88 valence electrons. The first-order chi connectivity index (χ1) is 7.68. The number of halogens is 1. The minimum atomic E-state index is 0.344. The Morgan fingerprint density at radius 3 is 2.31 bits per heavy atom. The van der Waals surface area contributed by atoms with Crippen molar-refractivity contribution in [3.63, 3.8) is 0 Å². The van der Waals surface area contributed by atoms with Crippen LogP contribution in [-0.2, 0) is 4.74 Å². The average molecular weight is 283 g/mol. The predicted molar refractivity (Wildman–Crippen MR) is 71.2 cm³/mol. The lowest BCUT2D eigenvalue weighted by molar-refractivity contribution is 0.110.